The molecule has 3 saturated heterocycles. The van der Waals surface area contributed by atoms with E-state index in [0.29, 0.717) is 56.0 Å². The molecular weight excluding hydrogens is 631 g/mol. The zero-order valence-electron chi connectivity index (χ0n) is 27.1. The van der Waals surface area contributed by atoms with Crippen molar-refractivity contribution in [1.29, 1.82) is 0 Å². The van der Waals surface area contributed by atoms with Crippen LogP contribution in [-0.4, -0.2) is 124 Å². The summed E-state index contributed by atoms with van der Waals surface area (Å²) in [7, 11) is 3.06. The van der Waals surface area contributed by atoms with Gasteiger partial charge in [0, 0.05) is 75.8 Å². The highest BCUT2D eigenvalue weighted by molar-refractivity contribution is 6.03. The lowest BCUT2D eigenvalue weighted by Gasteiger charge is -2.37. The number of hydrogen-bond acceptors (Lipinski definition) is 8. The number of hydrogen-bond donors (Lipinski definition) is 3. The Kier molecular flexibility index (Phi) is 9.22. The van der Waals surface area contributed by atoms with Crippen LogP contribution in [0.25, 0.3) is 5.57 Å². The third-order valence-corrected chi connectivity index (χ3v) is 9.70. The summed E-state index contributed by atoms with van der Waals surface area (Å²) in [6.45, 7) is 5.71. The third-order valence-electron chi connectivity index (χ3n) is 9.70. The van der Waals surface area contributed by atoms with Crippen molar-refractivity contribution >= 4 is 34.9 Å². The van der Waals surface area contributed by atoms with Gasteiger partial charge < -0.3 is 34.9 Å². The van der Waals surface area contributed by atoms with Crippen LogP contribution < -0.4 is 16.1 Å². The molecule has 2 unspecified atom stereocenters. The van der Waals surface area contributed by atoms with Crippen LogP contribution in [0.1, 0.15) is 51.5 Å². The first-order valence-electron chi connectivity index (χ1n) is 16.1. The summed E-state index contributed by atoms with van der Waals surface area (Å²) in [5.74, 6) is -1.01. The number of anilines is 1. The SMILES string of the molecule is Cc1cc(NC(=O)c2ncc(C3=CN(C4CCN(C)C4=O)NC3C(F)(F)F)n2C)ccc1C(=O)N1CCN(C(=O)C2CCNCC2)CC1. The number of likely N-dealkylation sites (tertiary alicyclic amines) is 1. The van der Waals surface area contributed by atoms with E-state index in [1.54, 1.807) is 37.1 Å². The standard InChI is InChI=1S/C32H40F3N9O4/c1-19-16-21(4-5-22(19)30(47)43-14-12-42(13-15-43)29(46)20-6-9-36-10-7-20)38-28(45)27-37-17-25(41(27)3)23-18-44(39-26(23)32(33,34)35)24-8-11-40(2)31(24)48/h4-5,16-18,20,24,26,36,39H,6-15H2,1-3H3,(H,38,45). The van der Waals surface area contributed by atoms with E-state index in [1.807, 2.05) is 4.90 Å². The zero-order valence-corrected chi connectivity index (χ0v) is 27.1. The van der Waals surface area contributed by atoms with Crippen molar-refractivity contribution < 1.29 is 32.3 Å². The molecule has 1 aromatic heterocycles. The Hall–Kier alpha value is -4.44. The molecule has 48 heavy (non-hydrogen) atoms. The average Bonchev–Trinajstić information content (AvgIpc) is 3.77. The molecule has 5 heterocycles. The number of amides is 4. The normalized spacial score (nSPS) is 22.4. The van der Waals surface area contributed by atoms with E-state index in [0.717, 1.165) is 25.9 Å². The number of hydrazine groups is 1. The number of nitrogens with one attached hydrogen (secondary N) is 3. The van der Waals surface area contributed by atoms with Crippen LogP contribution in [0.5, 0.6) is 0 Å². The first kappa shape index (κ1) is 33.5. The number of nitrogens with zero attached hydrogens (tertiary/aromatic N) is 6. The molecule has 16 heteroatoms. The summed E-state index contributed by atoms with van der Waals surface area (Å²) in [5, 5.41) is 7.20. The highest BCUT2D eigenvalue weighted by atomic mass is 19.4. The monoisotopic (exact) mass is 671 g/mol. The van der Waals surface area contributed by atoms with Gasteiger partial charge in [0.2, 0.25) is 11.8 Å². The lowest BCUT2D eigenvalue weighted by atomic mass is 9.96. The summed E-state index contributed by atoms with van der Waals surface area (Å²) in [6.07, 6.45) is -0.166. The van der Waals surface area contributed by atoms with Crippen LogP contribution in [0, 0.1) is 12.8 Å². The number of aryl methyl sites for hydroxylation is 1. The third kappa shape index (κ3) is 6.50. The van der Waals surface area contributed by atoms with E-state index >= 15 is 0 Å². The maximum Gasteiger partial charge on any atom is 0.409 e. The molecule has 1 aromatic carbocycles. The van der Waals surface area contributed by atoms with Gasteiger partial charge in [0.15, 0.2) is 11.9 Å². The molecule has 4 aliphatic heterocycles. The molecule has 3 N–H and O–H groups in total. The second-order valence-corrected chi connectivity index (χ2v) is 12.8. The van der Waals surface area contributed by atoms with Crippen LogP contribution in [0.2, 0.25) is 0 Å². The first-order chi connectivity index (χ1) is 22.8. The number of alkyl halides is 3. The zero-order chi connectivity index (χ0) is 34.3. The molecule has 258 valence electrons. The smallest absolute Gasteiger partial charge is 0.344 e. The number of piperidine rings is 1. The minimum atomic E-state index is -4.67. The molecular formula is C32H40F3N9O4. The Morgan fingerprint density at radius 3 is 2.29 bits per heavy atom. The summed E-state index contributed by atoms with van der Waals surface area (Å²) >= 11 is 0. The van der Waals surface area contributed by atoms with Crippen molar-refractivity contribution in [3.05, 3.63) is 53.2 Å². The van der Waals surface area contributed by atoms with Crippen LogP contribution in [-0.2, 0) is 16.6 Å². The van der Waals surface area contributed by atoms with Gasteiger partial charge in [0.05, 0.1) is 11.9 Å². The number of carbonyl (C=O) groups is 4. The number of aromatic nitrogens is 2. The molecule has 4 aliphatic rings. The summed E-state index contributed by atoms with van der Waals surface area (Å²) in [5.41, 5.74) is 3.83. The van der Waals surface area contributed by atoms with E-state index < -0.39 is 24.2 Å². The lowest BCUT2D eigenvalue weighted by molar-refractivity contribution is -0.151. The average molecular weight is 672 g/mol. The summed E-state index contributed by atoms with van der Waals surface area (Å²) in [6, 6.07) is 2.01. The maximum absolute atomic E-state index is 14.1. The van der Waals surface area contributed by atoms with Crippen molar-refractivity contribution in [2.75, 3.05) is 58.2 Å². The van der Waals surface area contributed by atoms with E-state index in [4.69, 9.17) is 0 Å². The lowest BCUT2D eigenvalue weighted by Crippen LogP contribution is -2.52. The predicted octanol–water partition coefficient (Wildman–Crippen LogP) is 1.59. The second kappa shape index (κ2) is 13.2. The number of piperazine rings is 1. The van der Waals surface area contributed by atoms with Gasteiger partial charge in [-0.2, -0.15) is 13.2 Å². The van der Waals surface area contributed by atoms with Crippen molar-refractivity contribution in [3.8, 4) is 0 Å². The molecule has 3 fully saturated rings. The number of halogens is 3. The number of imidazole rings is 1. The van der Waals surface area contributed by atoms with Gasteiger partial charge in [-0.25, -0.2) is 10.4 Å². The minimum Gasteiger partial charge on any atom is -0.344 e. The summed E-state index contributed by atoms with van der Waals surface area (Å²) in [4.78, 5) is 61.2. The minimum absolute atomic E-state index is 0.0332. The van der Waals surface area contributed by atoms with E-state index in [2.05, 4.69) is 21.0 Å². The van der Waals surface area contributed by atoms with Gasteiger partial charge in [-0.3, -0.25) is 19.2 Å². The van der Waals surface area contributed by atoms with E-state index in [9.17, 15) is 32.3 Å². The van der Waals surface area contributed by atoms with Gasteiger partial charge in [0.1, 0.15) is 6.04 Å². The molecule has 2 aromatic rings. The Labute approximate surface area is 276 Å². The van der Waals surface area contributed by atoms with Gasteiger partial charge in [0.25, 0.3) is 11.8 Å². The maximum atomic E-state index is 14.1. The number of carbonyl (C=O) groups excluding carboxylic acids is 4. The van der Waals surface area contributed by atoms with Crippen LogP contribution in [0.4, 0.5) is 18.9 Å². The quantitative estimate of drug-likeness (QED) is 0.422. The van der Waals surface area contributed by atoms with Gasteiger partial charge in [-0.15, -0.1) is 0 Å². The van der Waals surface area contributed by atoms with Crippen molar-refractivity contribution in [2.24, 2.45) is 13.0 Å². The van der Waals surface area contributed by atoms with Crippen LogP contribution >= 0.6 is 0 Å². The molecule has 6 rings (SSSR count). The molecule has 0 aliphatic carbocycles. The number of likely N-dealkylation sites (N-methyl/N-ethyl adjacent to an activating group) is 1. The largest absolute Gasteiger partial charge is 0.409 e. The Morgan fingerprint density at radius 2 is 1.67 bits per heavy atom. The highest BCUT2D eigenvalue weighted by Crippen LogP contribution is 2.36. The fourth-order valence-electron chi connectivity index (χ4n) is 6.87. The molecule has 0 saturated carbocycles. The molecule has 2 atom stereocenters. The fourth-order valence-corrected chi connectivity index (χ4v) is 6.87. The van der Waals surface area contributed by atoms with Crippen LogP contribution in [0.3, 0.4) is 0 Å². The van der Waals surface area contributed by atoms with Gasteiger partial charge in [-0.05, 0) is 63.0 Å². The second-order valence-electron chi connectivity index (χ2n) is 12.8. The van der Waals surface area contributed by atoms with E-state index in [1.165, 1.54) is 33.9 Å². The fraction of sp³-hybridized carbons (Fsp3) is 0.531. The van der Waals surface area contributed by atoms with Gasteiger partial charge in [-0.1, -0.05) is 0 Å². The van der Waals surface area contributed by atoms with Crippen molar-refractivity contribution in [1.82, 2.24) is 40.0 Å². The van der Waals surface area contributed by atoms with Crippen LogP contribution in [0.15, 0.2) is 30.6 Å². The molecule has 13 nitrogen and oxygen atoms in total. The first-order valence-corrected chi connectivity index (χ1v) is 16.1. The topological polar surface area (TPSA) is 135 Å². The molecule has 0 spiro atoms. The Morgan fingerprint density at radius 1 is 0.979 bits per heavy atom. The summed E-state index contributed by atoms with van der Waals surface area (Å²) < 4.78 is 43.6. The number of benzene rings is 1. The van der Waals surface area contributed by atoms with E-state index in [-0.39, 0.29) is 40.7 Å². The Bertz CT molecular complexity index is 1630. The highest BCUT2D eigenvalue weighted by Gasteiger charge is 2.49. The molecule has 0 radical (unpaired) electrons. The van der Waals surface area contributed by atoms with Crippen molar-refractivity contribution in [3.63, 3.8) is 0 Å². The molecule has 4 amide bonds. The predicted molar refractivity (Wildman–Crippen MR) is 169 cm³/mol. The molecule has 0 bridgehead atoms. The number of rotatable bonds is 6. The van der Waals surface area contributed by atoms with Gasteiger partial charge >= 0.3 is 6.18 Å². The Balaban J connectivity index is 1.11. The van der Waals surface area contributed by atoms with Crippen molar-refractivity contribution in [2.45, 2.75) is 44.4 Å².